The monoisotopic (exact) mass is 663 g/mol. The number of fused-ring (bicyclic) bond motifs is 1. The maximum absolute atomic E-state index is 13.6. The number of anilines is 2. The summed E-state index contributed by atoms with van der Waals surface area (Å²) in [6, 6.07) is 23.2. The van der Waals surface area contributed by atoms with E-state index in [0.29, 0.717) is 38.4 Å². The first-order chi connectivity index (χ1) is 19.9. The highest BCUT2D eigenvalue weighted by molar-refractivity contribution is 7.92. The summed E-state index contributed by atoms with van der Waals surface area (Å²) in [4.78, 5) is 13.3. The van der Waals surface area contributed by atoms with E-state index in [2.05, 4.69) is 5.32 Å². The topological polar surface area (TPSA) is 104 Å². The van der Waals surface area contributed by atoms with Crippen molar-refractivity contribution in [1.29, 1.82) is 0 Å². The Morgan fingerprint density at radius 2 is 1.31 bits per heavy atom. The molecule has 0 aliphatic carbocycles. The number of hydrogen-bond acceptors (Lipinski definition) is 5. The highest BCUT2D eigenvalue weighted by Gasteiger charge is 2.32. The van der Waals surface area contributed by atoms with E-state index in [1.807, 2.05) is 0 Å². The molecular formula is C29H24Cl3N3O5S2. The maximum Gasteiger partial charge on any atom is 0.264 e. The van der Waals surface area contributed by atoms with E-state index in [9.17, 15) is 21.6 Å². The van der Waals surface area contributed by atoms with Gasteiger partial charge < -0.3 is 5.32 Å². The fourth-order valence-electron chi connectivity index (χ4n) is 4.55. The van der Waals surface area contributed by atoms with E-state index in [0.717, 1.165) is 9.87 Å². The molecule has 1 aliphatic heterocycles. The number of amides is 1. The number of carbonyl (C=O) groups excluding carboxylic acids is 1. The Balaban J connectivity index is 1.39. The Hall–Kier alpha value is -3.12. The van der Waals surface area contributed by atoms with E-state index in [4.69, 9.17) is 34.8 Å². The first-order valence-electron chi connectivity index (χ1n) is 12.6. The largest absolute Gasteiger partial charge is 0.325 e. The summed E-state index contributed by atoms with van der Waals surface area (Å²) < 4.78 is 56.2. The van der Waals surface area contributed by atoms with E-state index in [-0.39, 0.29) is 22.9 Å². The molecule has 0 radical (unpaired) electrons. The van der Waals surface area contributed by atoms with Crippen molar-refractivity contribution in [2.45, 2.75) is 22.8 Å². The molecule has 13 heteroatoms. The fraction of sp³-hybridized carbons (Fsp3) is 0.138. The molecule has 4 aromatic carbocycles. The minimum Gasteiger partial charge on any atom is -0.325 e. The van der Waals surface area contributed by atoms with Crippen molar-refractivity contribution in [2.24, 2.45) is 0 Å². The van der Waals surface area contributed by atoms with Crippen molar-refractivity contribution >= 4 is 72.1 Å². The highest BCUT2D eigenvalue weighted by Crippen LogP contribution is 2.35. The Labute approximate surface area is 259 Å². The van der Waals surface area contributed by atoms with Gasteiger partial charge in [0, 0.05) is 33.8 Å². The quantitative estimate of drug-likeness (QED) is 0.229. The van der Waals surface area contributed by atoms with Gasteiger partial charge >= 0.3 is 0 Å². The minimum absolute atomic E-state index is 0.0192. The molecule has 0 bridgehead atoms. The van der Waals surface area contributed by atoms with Crippen LogP contribution in [0.25, 0.3) is 0 Å². The lowest BCUT2D eigenvalue weighted by Gasteiger charge is -2.23. The van der Waals surface area contributed by atoms with Crippen LogP contribution in [-0.2, 0) is 37.8 Å². The van der Waals surface area contributed by atoms with Gasteiger partial charge in [0.05, 0.1) is 22.0 Å². The van der Waals surface area contributed by atoms with Crippen LogP contribution in [0.15, 0.2) is 101 Å². The molecule has 0 aromatic heterocycles. The van der Waals surface area contributed by atoms with Gasteiger partial charge in [0.15, 0.2) is 0 Å². The van der Waals surface area contributed by atoms with E-state index >= 15 is 0 Å². The van der Waals surface area contributed by atoms with Crippen molar-refractivity contribution in [3.05, 3.63) is 117 Å². The molecule has 0 fully saturated rings. The third-order valence-electron chi connectivity index (χ3n) is 6.67. The lowest BCUT2D eigenvalue weighted by molar-refractivity contribution is -0.116. The van der Waals surface area contributed by atoms with Gasteiger partial charge in [0.1, 0.15) is 0 Å². The predicted octanol–water partition coefficient (Wildman–Crippen LogP) is 6.23. The van der Waals surface area contributed by atoms with Gasteiger partial charge in [-0.1, -0.05) is 53.0 Å². The van der Waals surface area contributed by atoms with Crippen LogP contribution in [0, 0.1) is 0 Å². The summed E-state index contributed by atoms with van der Waals surface area (Å²) in [6.45, 7) is -0.351. The number of carbonyl (C=O) groups is 1. The number of benzene rings is 4. The number of nitrogens with zero attached hydrogens (tertiary/aromatic N) is 2. The molecule has 0 spiro atoms. The standard InChI is InChI=1S/C29H24Cl3N3O5S2/c30-22-4-1-20(2-5-22)18-34(41(37,38)26-11-6-23(31)7-12-26)19-29(36)33-25-10-3-21-15-16-35(28(21)17-25)42(39,40)27-13-8-24(32)9-14-27/h1-14,17H,15-16,18-19H2,(H,33,36). The van der Waals surface area contributed by atoms with Crippen LogP contribution in [0.3, 0.4) is 0 Å². The highest BCUT2D eigenvalue weighted by atomic mass is 35.5. The molecule has 8 nitrogen and oxygen atoms in total. The number of rotatable bonds is 9. The summed E-state index contributed by atoms with van der Waals surface area (Å²) in [6.07, 6.45) is 0.505. The molecule has 4 aromatic rings. The molecule has 0 atom stereocenters. The number of sulfonamides is 2. The summed E-state index contributed by atoms with van der Waals surface area (Å²) >= 11 is 17.9. The summed E-state index contributed by atoms with van der Waals surface area (Å²) in [7, 11) is -7.97. The van der Waals surface area contributed by atoms with Gasteiger partial charge in [0.25, 0.3) is 10.0 Å². The number of hydrogen-bond donors (Lipinski definition) is 1. The molecule has 218 valence electrons. The lowest BCUT2D eigenvalue weighted by Crippen LogP contribution is -2.37. The Bertz CT molecular complexity index is 1830. The van der Waals surface area contributed by atoms with Gasteiger partial charge in [-0.3, -0.25) is 9.10 Å². The van der Waals surface area contributed by atoms with Crippen LogP contribution < -0.4 is 9.62 Å². The molecule has 5 rings (SSSR count). The third-order valence-corrected chi connectivity index (χ3v) is 11.1. The zero-order valence-electron chi connectivity index (χ0n) is 21.9. The second-order valence-electron chi connectivity index (χ2n) is 9.53. The van der Waals surface area contributed by atoms with Crippen molar-refractivity contribution in [1.82, 2.24) is 4.31 Å². The third kappa shape index (κ3) is 6.59. The van der Waals surface area contributed by atoms with Gasteiger partial charge in [-0.2, -0.15) is 4.31 Å². The molecule has 1 heterocycles. The Morgan fingerprint density at radius 1 is 0.762 bits per heavy atom. The molecule has 0 saturated heterocycles. The second-order valence-corrected chi connectivity index (χ2v) is 14.6. The Morgan fingerprint density at radius 3 is 1.90 bits per heavy atom. The zero-order chi connectivity index (χ0) is 30.1. The van der Waals surface area contributed by atoms with Crippen LogP contribution in [0.5, 0.6) is 0 Å². The predicted molar refractivity (Wildman–Crippen MR) is 165 cm³/mol. The van der Waals surface area contributed by atoms with E-state index in [1.54, 1.807) is 42.5 Å². The molecule has 0 unspecified atom stereocenters. The van der Waals surface area contributed by atoms with Gasteiger partial charge in [-0.25, -0.2) is 16.8 Å². The summed E-state index contributed by atoms with van der Waals surface area (Å²) in [5.74, 6) is -0.605. The average molecular weight is 665 g/mol. The first-order valence-corrected chi connectivity index (χ1v) is 16.7. The first kappa shape index (κ1) is 30.3. The smallest absolute Gasteiger partial charge is 0.264 e. The van der Waals surface area contributed by atoms with Gasteiger partial charge in [-0.15, -0.1) is 0 Å². The second kappa shape index (κ2) is 12.2. The fourth-order valence-corrected chi connectivity index (χ4v) is 7.80. The average Bonchev–Trinajstić information content (AvgIpc) is 3.38. The maximum atomic E-state index is 13.6. The minimum atomic E-state index is -4.10. The van der Waals surface area contributed by atoms with Gasteiger partial charge in [-0.05, 0) is 90.3 Å². The van der Waals surface area contributed by atoms with Crippen LogP contribution in [0.4, 0.5) is 11.4 Å². The Kier molecular flexibility index (Phi) is 8.84. The molecule has 1 N–H and O–H groups in total. The molecule has 1 amide bonds. The number of halogens is 3. The van der Waals surface area contributed by atoms with Crippen molar-refractivity contribution in [3.63, 3.8) is 0 Å². The molecular weight excluding hydrogens is 641 g/mol. The van der Waals surface area contributed by atoms with Crippen molar-refractivity contribution in [3.8, 4) is 0 Å². The van der Waals surface area contributed by atoms with E-state index < -0.39 is 32.5 Å². The van der Waals surface area contributed by atoms with E-state index in [1.165, 1.54) is 52.8 Å². The van der Waals surface area contributed by atoms with Crippen molar-refractivity contribution < 1.29 is 21.6 Å². The summed E-state index contributed by atoms with van der Waals surface area (Å²) in [5.41, 5.74) is 2.20. The van der Waals surface area contributed by atoms with Gasteiger partial charge in [0.2, 0.25) is 15.9 Å². The summed E-state index contributed by atoms with van der Waals surface area (Å²) in [5, 5.41) is 4.01. The van der Waals surface area contributed by atoms with Crippen LogP contribution in [0.1, 0.15) is 11.1 Å². The zero-order valence-corrected chi connectivity index (χ0v) is 25.8. The molecule has 1 aliphatic rings. The molecule has 0 saturated carbocycles. The normalized spacial score (nSPS) is 13.3. The SMILES string of the molecule is O=C(CN(Cc1ccc(Cl)cc1)S(=O)(=O)c1ccc(Cl)cc1)Nc1ccc2c(c1)N(S(=O)(=O)c1ccc(Cl)cc1)CC2. The molecule has 42 heavy (non-hydrogen) atoms. The van der Waals surface area contributed by atoms with Crippen molar-refractivity contribution in [2.75, 3.05) is 22.7 Å². The van der Waals surface area contributed by atoms with Crippen LogP contribution in [0.2, 0.25) is 15.1 Å². The number of nitrogens with one attached hydrogen (secondary N) is 1. The lowest BCUT2D eigenvalue weighted by atomic mass is 10.1. The van der Waals surface area contributed by atoms with Crippen LogP contribution in [-0.4, -0.2) is 40.1 Å². The van der Waals surface area contributed by atoms with Crippen LogP contribution >= 0.6 is 34.8 Å².